The minimum atomic E-state index is -0.338. The topological polar surface area (TPSA) is 113 Å². The highest BCUT2D eigenvalue weighted by Crippen LogP contribution is 2.28. The number of amides is 3. The number of nitrogens with zero attached hydrogens (tertiary/aromatic N) is 2. The van der Waals surface area contributed by atoms with E-state index in [4.69, 9.17) is 0 Å². The Bertz CT molecular complexity index is 1420. The summed E-state index contributed by atoms with van der Waals surface area (Å²) in [4.78, 5) is 38.1. The van der Waals surface area contributed by atoms with Crippen molar-refractivity contribution in [2.45, 2.75) is 25.7 Å². The molecule has 3 aromatic carbocycles. The van der Waals surface area contributed by atoms with Crippen molar-refractivity contribution in [3.63, 3.8) is 0 Å². The van der Waals surface area contributed by atoms with Crippen molar-refractivity contribution in [3.8, 4) is 0 Å². The summed E-state index contributed by atoms with van der Waals surface area (Å²) < 4.78 is 0. The third-order valence-corrected chi connectivity index (χ3v) is 6.89. The van der Waals surface area contributed by atoms with Gasteiger partial charge in [0.2, 0.25) is 5.91 Å². The lowest BCUT2D eigenvalue weighted by Crippen LogP contribution is -2.45. The van der Waals surface area contributed by atoms with Gasteiger partial charge in [-0.05, 0) is 54.5 Å². The van der Waals surface area contributed by atoms with Gasteiger partial charge in [-0.1, -0.05) is 54.6 Å². The fourth-order valence-corrected chi connectivity index (χ4v) is 4.86. The third kappa shape index (κ3) is 5.02. The molecule has 0 radical (unpaired) electrons. The highest BCUT2D eigenvalue weighted by molar-refractivity contribution is 6.07. The molecule has 1 aliphatic rings. The lowest BCUT2D eigenvalue weighted by molar-refractivity contribution is -0.127. The zero-order chi connectivity index (χ0) is 24.9. The molecule has 1 aromatic heterocycles. The van der Waals surface area contributed by atoms with Gasteiger partial charge in [-0.25, -0.2) is 0 Å². The minimum Gasteiger partial charge on any atom is -0.352 e. The number of carbonyl (C=O) groups excluding carboxylic acids is 3. The van der Waals surface area contributed by atoms with Crippen LogP contribution in [-0.2, 0) is 4.79 Å². The molecule has 0 atom stereocenters. The molecular weight excluding hydrogens is 454 g/mol. The summed E-state index contributed by atoms with van der Waals surface area (Å²) in [6.45, 7) is 0.543. The maximum atomic E-state index is 12.7. The molecule has 4 aromatic rings. The van der Waals surface area contributed by atoms with Crippen molar-refractivity contribution in [2.75, 3.05) is 6.54 Å². The normalized spacial score (nSPS) is 17.4. The maximum Gasteiger partial charge on any atom is 0.270 e. The van der Waals surface area contributed by atoms with Crippen molar-refractivity contribution in [3.05, 3.63) is 84.1 Å². The highest BCUT2D eigenvalue weighted by atomic mass is 16.2. The second-order valence-corrected chi connectivity index (χ2v) is 9.17. The van der Waals surface area contributed by atoms with E-state index in [0.717, 1.165) is 29.0 Å². The van der Waals surface area contributed by atoms with Gasteiger partial charge in [-0.15, -0.1) is 0 Å². The molecule has 1 saturated carbocycles. The summed E-state index contributed by atoms with van der Waals surface area (Å²) >= 11 is 0. The zero-order valence-corrected chi connectivity index (χ0v) is 19.7. The quantitative estimate of drug-likeness (QED) is 0.376. The van der Waals surface area contributed by atoms with Crippen molar-refractivity contribution >= 4 is 39.4 Å². The van der Waals surface area contributed by atoms with Gasteiger partial charge in [-0.2, -0.15) is 10.2 Å². The van der Waals surface area contributed by atoms with Crippen molar-refractivity contribution in [1.29, 1.82) is 0 Å². The van der Waals surface area contributed by atoms with E-state index in [1.807, 2.05) is 60.7 Å². The summed E-state index contributed by atoms with van der Waals surface area (Å²) in [5.74, 6) is -0.561. The molecule has 1 heterocycles. The lowest BCUT2D eigenvalue weighted by Gasteiger charge is -2.28. The van der Waals surface area contributed by atoms with Crippen LogP contribution in [0.3, 0.4) is 0 Å². The zero-order valence-electron chi connectivity index (χ0n) is 19.7. The molecule has 182 valence electrons. The largest absolute Gasteiger partial charge is 0.352 e. The summed E-state index contributed by atoms with van der Waals surface area (Å²) in [5, 5.41) is 13.6. The maximum absolute atomic E-state index is 12.7. The molecule has 0 aliphatic heterocycles. The molecule has 36 heavy (non-hydrogen) atoms. The van der Waals surface area contributed by atoms with Gasteiger partial charge >= 0.3 is 0 Å². The van der Waals surface area contributed by atoms with Gasteiger partial charge in [0.25, 0.3) is 11.8 Å². The Morgan fingerprint density at radius 3 is 2.31 bits per heavy atom. The van der Waals surface area contributed by atoms with Gasteiger partial charge in [0.05, 0.1) is 17.3 Å². The van der Waals surface area contributed by atoms with Crippen LogP contribution in [0, 0.1) is 11.8 Å². The van der Waals surface area contributed by atoms with Crippen LogP contribution in [0.25, 0.3) is 21.7 Å². The van der Waals surface area contributed by atoms with E-state index in [2.05, 4.69) is 26.4 Å². The monoisotopic (exact) mass is 481 g/mol. The molecule has 8 nitrogen and oxygen atoms in total. The van der Waals surface area contributed by atoms with Crippen LogP contribution in [0.5, 0.6) is 0 Å². The van der Waals surface area contributed by atoms with Crippen LogP contribution in [0.4, 0.5) is 0 Å². The van der Waals surface area contributed by atoms with E-state index >= 15 is 0 Å². The fourth-order valence-electron chi connectivity index (χ4n) is 4.86. The molecule has 3 N–H and O–H groups in total. The predicted molar refractivity (Wildman–Crippen MR) is 137 cm³/mol. The number of benzene rings is 3. The molecule has 5 rings (SSSR count). The number of hydrogen-bond acceptors (Lipinski definition) is 5. The summed E-state index contributed by atoms with van der Waals surface area (Å²) in [6.07, 6.45) is 4.55. The minimum absolute atomic E-state index is 0.168. The van der Waals surface area contributed by atoms with Crippen LogP contribution in [-0.4, -0.2) is 34.5 Å². The summed E-state index contributed by atoms with van der Waals surface area (Å²) in [5.41, 5.74) is 6.88. The predicted octanol–water partition coefficient (Wildman–Crippen LogP) is 3.78. The van der Waals surface area contributed by atoms with Crippen LogP contribution in [0.15, 0.2) is 72.9 Å². The number of rotatable bonds is 5. The molecule has 0 spiro atoms. The van der Waals surface area contributed by atoms with Gasteiger partial charge in [0.15, 0.2) is 0 Å². The Kier molecular flexibility index (Phi) is 6.84. The van der Waals surface area contributed by atoms with Crippen molar-refractivity contribution < 1.29 is 14.4 Å². The first-order valence-corrected chi connectivity index (χ1v) is 12.2. The molecular formula is C28H27N5O3. The number of fused-ring (bicyclic) bond motifs is 2. The van der Waals surface area contributed by atoms with Crippen LogP contribution >= 0.6 is 0 Å². The number of hydrazine groups is 1. The van der Waals surface area contributed by atoms with Crippen molar-refractivity contribution in [1.82, 2.24) is 26.4 Å². The highest BCUT2D eigenvalue weighted by Gasteiger charge is 2.27. The van der Waals surface area contributed by atoms with Gasteiger partial charge < -0.3 is 5.32 Å². The van der Waals surface area contributed by atoms with Crippen LogP contribution in [0.1, 0.15) is 46.4 Å². The number of hydrogen-bond donors (Lipinski definition) is 3. The molecule has 8 heteroatoms. The average molecular weight is 482 g/mol. The lowest BCUT2D eigenvalue weighted by atomic mass is 9.81. The molecule has 3 amide bonds. The Labute approximate surface area is 208 Å². The molecule has 0 bridgehead atoms. The summed E-state index contributed by atoms with van der Waals surface area (Å²) in [6, 6.07) is 20.6. The SMILES string of the molecule is O=C(NNC(=O)C1CCC(CNC(=O)c2cnnc3ccccc23)CC1)c1cccc2ccccc12. The summed E-state index contributed by atoms with van der Waals surface area (Å²) in [7, 11) is 0. The van der Waals surface area contributed by atoms with E-state index in [-0.39, 0.29) is 23.6 Å². The van der Waals surface area contributed by atoms with Gasteiger partial charge in [0, 0.05) is 23.4 Å². The van der Waals surface area contributed by atoms with Gasteiger partial charge in [0.1, 0.15) is 0 Å². The second-order valence-electron chi connectivity index (χ2n) is 9.17. The van der Waals surface area contributed by atoms with E-state index < -0.39 is 0 Å². The Morgan fingerprint density at radius 2 is 1.47 bits per heavy atom. The first kappa shape index (κ1) is 23.4. The van der Waals surface area contributed by atoms with Crippen LogP contribution < -0.4 is 16.2 Å². The van der Waals surface area contributed by atoms with E-state index in [1.54, 1.807) is 6.07 Å². The fraction of sp³-hybridized carbons (Fsp3) is 0.250. The average Bonchev–Trinajstić information content (AvgIpc) is 2.94. The van der Waals surface area contributed by atoms with E-state index in [0.29, 0.717) is 41.9 Å². The number of aromatic nitrogens is 2. The second kappa shape index (κ2) is 10.5. The Morgan fingerprint density at radius 1 is 0.750 bits per heavy atom. The number of nitrogens with one attached hydrogen (secondary N) is 3. The Hall–Kier alpha value is -4.33. The number of carbonyl (C=O) groups is 3. The molecule has 0 unspecified atom stereocenters. The molecule has 1 fully saturated rings. The molecule has 1 aliphatic carbocycles. The smallest absolute Gasteiger partial charge is 0.270 e. The molecule has 0 saturated heterocycles. The first-order chi connectivity index (χ1) is 17.6. The third-order valence-electron chi connectivity index (χ3n) is 6.89. The van der Waals surface area contributed by atoms with E-state index in [1.165, 1.54) is 6.20 Å². The van der Waals surface area contributed by atoms with E-state index in [9.17, 15) is 14.4 Å². The first-order valence-electron chi connectivity index (χ1n) is 12.2. The standard InChI is InChI=1S/C28H27N5O3/c34-26(32-33-28(36)23-10-5-7-19-6-1-2-8-21(19)23)20-14-12-18(13-15-20)16-29-27(35)24-17-30-31-25-11-4-3-9-22(24)25/h1-11,17-18,20H,12-16H2,(H,29,35)(H,32,34)(H,33,36). The van der Waals surface area contributed by atoms with Crippen molar-refractivity contribution in [2.24, 2.45) is 11.8 Å². The van der Waals surface area contributed by atoms with Crippen LogP contribution in [0.2, 0.25) is 0 Å². The van der Waals surface area contributed by atoms with Gasteiger partial charge in [-0.3, -0.25) is 25.2 Å². The Balaban J connectivity index is 1.09.